The number of nitrogens with zero attached hydrogens (tertiary/aromatic N) is 3. The van der Waals surface area contributed by atoms with Crippen molar-refractivity contribution in [2.75, 3.05) is 16.7 Å². The van der Waals surface area contributed by atoms with E-state index in [-0.39, 0.29) is 27.1 Å². The molecule has 0 bridgehead atoms. The summed E-state index contributed by atoms with van der Waals surface area (Å²) < 4.78 is 26.8. The summed E-state index contributed by atoms with van der Waals surface area (Å²) in [5.74, 6) is -0.670. The van der Waals surface area contributed by atoms with Gasteiger partial charge in [0.2, 0.25) is 5.95 Å². The molecule has 0 atom stereocenters. The fraction of sp³-hybridized carbons (Fsp3) is 0.143. The Balaban J connectivity index is 1.70. The molecule has 9 nitrogen and oxygen atoms in total. The molecule has 0 aliphatic rings. The summed E-state index contributed by atoms with van der Waals surface area (Å²) in [6, 6.07) is 10.6. The van der Waals surface area contributed by atoms with Crippen molar-refractivity contribution in [1.29, 1.82) is 0 Å². The van der Waals surface area contributed by atoms with Crippen LogP contribution in [0.4, 0.5) is 16.4 Å². The summed E-state index contributed by atoms with van der Waals surface area (Å²) in [5.41, 5.74) is 1.63. The van der Waals surface area contributed by atoms with Gasteiger partial charge in [-0.2, -0.15) is 0 Å². The van der Waals surface area contributed by atoms with Gasteiger partial charge in [0, 0.05) is 29.1 Å². The molecule has 2 N–H and O–H groups in total. The third-order valence-corrected chi connectivity index (χ3v) is 6.73. The number of urea groups is 1. The highest BCUT2D eigenvalue weighted by molar-refractivity contribution is 7.92. The number of anilines is 2. The first kappa shape index (κ1) is 24.4. The van der Waals surface area contributed by atoms with Gasteiger partial charge in [-0.1, -0.05) is 23.2 Å². The highest BCUT2D eigenvalue weighted by Gasteiger charge is 2.24. The highest BCUT2D eigenvalue weighted by Crippen LogP contribution is 2.22. The molecule has 2 aromatic carbocycles. The van der Waals surface area contributed by atoms with Crippen molar-refractivity contribution in [3.05, 3.63) is 75.5 Å². The van der Waals surface area contributed by atoms with Crippen molar-refractivity contribution in [1.82, 2.24) is 15.3 Å². The number of carbonyl (C=O) groups excluding carboxylic acids is 2. The van der Waals surface area contributed by atoms with E-state index >= 15 is 0 Å². The van der Waals surface area contributed by atoms with Gasteiger partial charge in [-0.15, -0.1) is 0 Å². The number of rotatable bonds is 5. The molecule has 1 heterocycles. The quantitative estimate of drug-likeness (QED) is 0.533. The van der Waals surface area contributed by atoms with Gasteiger partial charge in [-0.05, 0) is 62.4 Å². The van der Waals surface area contributed by atoms with Crippen molar-refractivity contribution in [3.63, 3.8) is 0 Å². The predicted molar refractivity (Wildman–Crippen MR) is 126 cm³/mol. The first-order valence-corrected chi connectivity index (χ1v) is 11.7. The lowest BCUT2D eigenvalue weighted by Gasteiger charge is -2.18. The van der Waals surface area contributed by atoms with Gasteiger partial charge in [-0.25, -0.2) is 27.5 Å². The van der Waals surface area contributed by atoms with E-state index in [1.807, 2.05) is 0 Å². The highest BCUT2D eigenvalue weighted by atomic mass is 35.5. The van der Waals surface area contributed by atoms with E-state index in [4.69, 9.17) is 23.2 Å². The molecule has 0 aliphatic carbocycles. The number of amides is 3. The molecular weight excluding hydrogens is 489 g/mol. The number of imide groups is 1. The van der Waals surface area contributed by atoms with E-state index in [1.54, 1.807) is 19.9 Å². The molecule has 172 valence electrons. The molecule has 0 fully saturated rings. The van der Waals surface area contributed by atoms with Gasteiger partial charge in [0.1, 0.15) is 0 Å². The van der Waals surface area contributed by atoms with E-state index < -0.39 is 22.0 Å². The SMILES string of the molecule is Cc1cc(C)nc(N(C)S(=O)(=O)c2ccc(NC(=O)NC(=O)c3ccc(Cl)cc3Cl)cc2)n1. The maximum absolute atomic E-state index is 12.9. The standard InChI is InChI=1S/C21H19Cl2N5O4S/c1-12-10-13(2)25-20(24-12)28(3)33(31,32)16-7-5-15(6-8-16)26-21(30)27-19(29)17-9-4-14(22)11-18(17)23/h4-11H,1-3H3,(H2,26,27,29,30). The number of halogens is 2. The fourth-order valence-corrected chi connectivity index (χ4v) is 4.42. The lowest BCUT2D eigenvalue weighted by atomic mass is 10.2. The Hall–Kier alpha value is -3.21. The van der Waals surface area contributed by atoms with E-state index in [0.29, 0.717) is 16.4 Å². The number of nitrogens with one attached hydrogen (secondary N) is 2. The molecule has 33 heavy (non-hydrogen) atoms. The van der Waals surface area contributed by atoms with Crippen LogP contribution < -0.4 is 14.9 Å². The van der Waals surface area contributed by atoms with Gasteiger partial charge in [0.05, 0.1) is 15.5 Å². The van der Waals surface area contributed by atoms with Crippen LogP contribution in [0.5, 0.6) is 0 Å². The fourth-order valence-electron chi connectivity index (χ4n) is 2.83. The Kier molecular flexibility index (Phi) is 7.21. The third-order valence-electron chi connectivity index (χ3n) is 4.43. The minimum Gasteiger partial charge on any atom is -0.308 e. The van der Waals surface area contributed by atoms with Crippen LogP contribution >= 0.6 is 23.2 Å². The molecule has 0 unspecified atom stereocenters. The van der Waals surface area contributed by atoms with Crippen LogP contribution in [-0.2, 0) is 10.0 Å². The summed E-state index contributed by atoms with van der Waals surface area (Å²) >= 11 is 11.8. The van der Waals surface area contributed by atoms with Crippen LogP contribution in [0, 0.1) is 13.8 Å². The Morgan fingerprint density at radius 3 is 2.12 bits per heavy atom. The minimum atomic E-state index is -3.93. The Morgan fingerprint density at radius 2 is 1.55 bits per heavy atom. The van der Waals surface area contributed by atoms with E-state index in [1.165, 1.54) is 49.5 Å². The van der Waals surface area contributed by atoms with Crippen LogP contribution in [0.3, 0.4) is 0 Å². The summed E-state index contributed by atoms with van der Waals surface area (Å²) in [4.78, 5) is 32.7. The first-order chi connectivity index (χ1) is 15.5. The largest absolute Gasteiger partial charge is 0.326 e. The van der Waals surface area contributed by atoms with Gasteiger partial charge in [-0.3, -0.25) is 10.1 Å². The van der Waals surface area contributed by atoms with Crippen LogP contribution in [-0.4, -0.2) is 37.4 Å². The Morgan fingerprint density at radius 1 is 0.939 bits per heavy atom. The van der Waals surface area contributed by atoms with E-state index in [0.717, 1.165) is 4.31 Å². The lowest BCUT2D eigenvalue weighted by Crippen LogP contribution is -2.34. The second-order valence-corrected chi connectivity index (χ2v) is 9.79. The lowest BCUT2D eigenvalue weighted by molar-refractivity contribution is 0.0967. The number of hydrogen-bond donors (Lipinski definition) is 2. The molecular formula is C21H19Cl2N5O4S. The van der Waals surface area contributed by atoms with Crippen LogP contribution in [0.2, 0.25) is 10.0 Å². The monoisotopic (exact) mass is 507 g/mol. The average Bonchev–Trinajstić information content (AvgIpc) is 2.72. The molecule has 3 aromatic rings. The number of carbonyl (C=O) groups is 2. The second-order valence-electron chi connectivity index (χ2n) is 6.98. The third kappa shape index (κ3) is 5.78. The molecule has 1 aromatic heterocycles. The van der Waals surface area contributed by atoms with Crippen molar-refractivity contribution in [3.8, 4) is 0 Å². The van der Waals surface area contributed by atoms with Crippen molar-refractivity contribution >= 4 is 56.8 Å². The maximum Gasteiger partial charge on any atom is 0.326 e. The number of hydrogen-bond acceptors (Lipinski definition) is 6. The summed E-state index contributed by atoms with van der Waals surface area (Å²) in [6.07, 6.45) is 0. The van der Waals surface area contributed by atoms with Crippen LogP contribution in [0.25, 0.3) is 0 Å². The average molecular weight is 508 g/mol. The van der Waals surface area contributed by atoms with E-state index in [2.05, 4.69) is 20.6 Å². The van der Waals surface area contributed by atoms with Gasteiger partial charge in [0.15, 0.2) is 0 Å². The molecule has 0 aliphatic heterocycles. The Bertz CT molecular complexity index is 1310. The molecule has 0 saturated carbocycles. The summed E-state index contributed by atoms with van der Waals surface area (Å²) in [6.45, 7) is 3.49. The zero-order chi connectivity index (χ0) is 24.3. The van der Waals surface area contributed by atoms with Crippen molar-refractivity contribution in [2.24, 2.45) is 0 Å². The topological polar surface area (TPSA) is 121 Å². The van der Waals surface area contributed by atoms with Crippen molar-refractivity contribution < 1.29 is 18.0 Å². The second kappa shape index (κ2) is 9.74. The molecule has 0 saturated heterocycles. The number of benzene rings is 2. The summed E-state index contributed by atoms with van der Waals surface area (Å²) in [5, 5.41) is 5.04. The number of aromatic nitrogens is 2. The molecule has 12 heteroatoms. The van der Waals surface area contributed by atoms with Gasteiger partial charge in [0.25, 0.3) is 15.9 Å². The molecule has 0 radical (unpaired) electrons. The zero-order valence-corrected chi connectivity index (χ0v) is 20.1. The van der Waals surface area contributed by atoms with Gasteiger partial charge >= 0.3 is 6.03 Å². The predicted octanol–water partition coefficient (Wildman–Crippen LogP) is 4.19. The van der Waals surface area contributed by atoms with E-state index in [9.17, 15) is 18.0 Å². The van der Waals surface area contributed by atoms with Crippen molar-refractivity contribution in [2.45, 2.75) is 18.7 Å². The molecule has 0 spiro atoms. The van der Waals surface area contributed by atoms with Crippen LogP contribution in [0.15, 0.2) is 53.4 Å². The number of sulfonamides is 1. The summed E-state index contributed by atoms with van der Waals surface area (Å²) in [7, 11) is -2.58. The Labute approximate surface area is 200 Å². The smallest absolute Gasteiger partial charge is 0.308 e. The normalized spacial score (nSPS) is 11.1. The first-order valence-electron chi connectivity index (χ1n) is 9.46. The molecule has 3 rings (SSSR count). The number of aryl methyl sites for hydroxylation is 2. The zero-order valence-electron chi connectivity index (χ0n) is 17.8. The molecule has 3 amide bonds. The van der Waals surface area contributed by atoms with Gasteiger partial charge < -0.3 is 5.32 Å². The maximum atomic E-state index is 12.9. The minimum absolute atomic E-state index is 0.0252. The van der Waals surface area contributed by atoms with Crippen LogP contribution in [0.1, 0.15) is 21.7 Å².